The van der Waals surface area contributed by atoms with E-state index in [1.165, 1.54) is 24.3 Å². The molecule has 1 nitrogen and oxygen atoms in total. The van der Waals surface area contributed by atoms with E-state index < -0.39 is 19.4 Å². The van der Waals surface area contributed by atoms with E-state index in [9.17, 15) is 13.3 Å². The largest absolute Gasteiger partial charge is 0.415 e. The Morgan fingerprint density at radius 1 is 0.778 bits per heavy atom. The Bertz CT molecular complexity index is 529. The van der Waals surface area contributed by atoms with Crippen molar-refractivity contribution in [2.45, 2.75) is 13.8 Å². The second-order valence-corrected chi connectivity index (χ2v) is 5.89. The molecule has 0 saturated carbocycles. The number of halogens is 2. The number of benzene rings is 2. The van der Waals surface area contributed by atoms with E-state index in [0.29, 0.717) is 21.7 Å². The van der Waals surface area contributed by atoms with Crippen LogP contribution < -0.4 is 10.6 Å². The summed E-state index contributed by atoms with van der Waals surface area (Å²) in [6.07, 6.45) is 0. The minimum absolute atomic E-state index is 0.382. The molecule has 0 amide bonds. The molecule has 0 N–H and O–H groups in total. The molecular weight excluding hydrogens is 253 g/mol. The summed E-state index contributed by atoms with van der Waals surface area (Å²) >= 11 is 0. The van der Waals surface area contributed by atoms with Crippen molar-refractivity contribution in [3.05, 3.63) is 59.2 Å². The average molecular weight is 265 g/mol. The standard InChI is InChI=1S/C14H12F2OP/c1-9-3-11(15)7-13(5-9)18(17)14-6-10(2)4-12(16)8-14/h3-8H,1-2H3/q+1. The van der Waals surface area contributed by atoms with E-state index in [1.54, 1.807) is 26.0 Å². The molecule has 4 heteroatoms. The molecule has 2 rings (SSSR count). The molecule has 0 radical (unpaired) electrons. The zero-order valence-electron chi connectivity index (χ0n) is 10.1. The Hall–Kier alpha value is -1.60. The molecule has 0 aromatic heterocycles. The fourth-order valence-corrected chi connectivity index (χ4v) is 3.24. The summed E-state index contributed by atoms with van der Waals surface area (Å²) in [6, 6.07) is 8.49. The monoisotopic (exact) mass is 265 g/mol. The molecule has 0 bridgehead atoms. The molecule has 2 aromatic carbocycles. The Morgan fingerprint density at radius 2 is 1.17 bits per heavy atom. The molecule has 0 saturated heterocycles. The third-order valence-electron chi connectivity index (χ3n) is 2.52. The van der Waals surface area contributed by atoms with Crippen molar-refractivity contribution >= 4 is 18.4 Å². The Balaban J connectivity index is 2.47. The van der Waals surface area contributed by atoms with Gasteiger partial charge in [0.25, 0.3) is 0 Å². The summed E-state index contributed by atoms with van der Waals surface area (Å²) in [6.45, 7) is 3.46. The van der Waals surface area contributed by atoms with Gasteiger partial charge in [0.2, 0.25) is 0 Å². The highest BCUT2D eigenvalue weighted by atomic mass is 31.1. The number of aryl methyl sites for hydroxylation is 2. The van der Waals surface area contributed by atoms with Crippen molar-refractivity contribution in [2.24, 2.45) is 0 Å². The van der Waals surface area contributed by atoms with Gasteiger partial charge in [0, 0.05) is 12.1 Å². The van der Waals surface area contributed by atoms with Crippen molar-refractivity contribution in [1.29, 1.82) is 0 Å². The van der Waals surface area contributed by atoms with Crippen LogP contribution in [0.25, 0.3) is 0 Å². The maximum Gasteiger partial charge on any atom is 0.415 e. The first-order valence-electron chi connectivity index (χ1n) is 5.47. The molecule has 0 aliphatic heterocycles. The van der Waals surface area contributed by atoms with Crippen LogP contribution in [0, 0.1) is 25.5 Å². The molecule has 2 aromatic rings. The van der Waals surface area contributed by atoms with Gasteiger partial charge in [-0.2, -0.15) is 0 Å². The van der Waals surface area contributed by atoms with Crippen LogP contribution in [0.5, 0.6) is 0 Å². The molecule has 0 aliphatic carbocycles. The zero-order valence-corrected chi connectivity index (χ0v) is 11.0. The van der Waals surface area contributed by atoms with E-state index >= 15 is 0 Å². The van der Waals surface area contributed by atoms with E-state index in [-0.39, 0.29) is 0 Å². The van der Waals surface area contributed by atoms with Crippen LogP contribution >= 0.6 is 7.80 Å². The highest BCUT2D eigenvalue weighted by molar-refractivity contribution is 7.61. The van der Waals surface area contributed by atoms with Crippen LogP contribution in [-0.4, -0.2) is 0 Å². The number of hydrogen-bond acceptors (Lipinski definition) is 1. The van der Waals surface area contributed by atoms with Crippen molar-refractivity contribution < 1.29 is 13.3 Å². The van der Waals surface area contributed by atoms with Gasteiger partial charge in [-0.3, -0.25) is 0 Å². The zero-order chi connectivity index (χ0) is 13.3. The van der Waals surface area contributed by atoms with Crippen LogP contribution in [0.15, 0.2) is 36.4 Å². The lowest BCUT2D eigenvalue weighted by Crippen LogP contribution is -2.09. The van der Waals surface area contributed by atoms with Gasteiger partial charge in [-0.25, -0.2) is 8.78 Å². The number of rotatable bonds is 2. The normalized spacial score (nSPS) is 10.4. The van der Waals surface area contributed by atoms with Crippen molar-refractivity contribution in [2.75, 3.05) is 0 Å². The SMILES string of the molecule is Cc1cc(F)cc([P+](=O)c2cc(C)cc(F)c2)c1. The highest BCUT2D eigenvalue weighted by Crippen LogP contribution is 2.22. The van der Waals surface area contributed by atoms with Crippen LogP contribution in [0.2, 0.25) is 0 Å². The summed E-state index contributed by atoms with van der Waals surface area (Å²) in [5, 5.41) is 0.764. The Morgan fingerprint density at radius 3 is 1.50 bits per heavy atom. The fourth-order valence-electron chi connectivity index (χ4n) is 1.82. The molecule has 0 heterocycles. The predicted molar refractivity (Wildman–Crippen MR) is 69.1 cm³/mol. The van der Waals surface area contributed by atoms with Crippen LogP contribution in [0.4, 0.5) is 8.78 Å². The van der Waals surface area contributed by atoms with Crippen LogP contribution in [0.1, 0.15) is 11.1 Å². The van der Waals surface area contributed by atoms with Gasteiger partial charge in [0.1, 0.15) is 11.6 Å². The molecule has 18 heavy (non-hydrogen) atoms. The second kappa shape index (κ2) is 4.95. The Kier molecular flexibility index (Phi) is 3.53. The van der Waals surface area contributed by atoms with Crippen LogP contribution in [0.3, 0.4) is 0 Å². The molecule has 0 spiro atoms. The van der Waals surface area contributed by atoms with Gasteiger partial charge in [-0.1, -0.05) is 4.57 Å². The van der Waals surface area contributed by atoms with Gasteiger partial charge in [0.05, 0.1) is 0 Å². The van der Waals surface area contributed by atoms with Crippen molar-refractivity contribution in [3.63, 3.8) is 0 Å². The van der Waals surface area contributed by atoms with Crippen molar-refractivity contribution in [1.82, 2.24) is 0 Å². The minimum atomic E-state index is -1.97. The molecule has 0 aliphatic rings. The van der Waals surface area contributed by atoms with Crippen LogP contribution in [-0.2, 0) is 4.57 Å². The summed E-state index contributed by atoms with van der Waals surface area (Å²) < 4.78 is 38.8. The molecule has 0 atom stereocenters. The summed E-state index contributed by atoms with van der Waals surface area (Å²) in [4.78, 5) is 0. The first kappa shape index (κ1) is 12.8. The van der Waals surface area contributed by atoms with E-state index in [2.05, 4.69) is 0 Å². The third kappa shape index (κ3) is 2.80. The highest BCUT2D eigenvalue weighted by Gasteiger charge is 2.25. The van der Waals surface area contributed by atoms with E-state index in [0.717, 1.165) is 0 Å². The Labute approximate surface area is 105 Å². The van der Waals surface area contributed by atoms with Gasteiger partial charge in [-0.15, -0.1) is 0 Å². The van der Waals surface area contributed by atoms with E-state index in [1.807, 2.05) is 0 Å². The third-order valence-corrected chi connectivity index (χ3v) is 3.98. The quantitative estimate of drug-likeness (QED) is 0.761. The topological polar surface area (TPSA) is 17.1 Å². The minimum Gasteiger partial charge on any atom is -0.207 e. The lowest BCUT2D eigenvalue weighted by atomic mass is 10.2. The van der Waals surface area contributed by atoms with Gasteiger partial charge >= 0.3 is 7.80 Å². The molecule has 0 fully saturated rings. The lowest BCUT2D eigenvalue weighted by Gasteiger charge is -1.96. The van der Waals surface area contributed by atoms with E-state index in [4.69, 9.17) is 0 Å². The van der Waals surface area contributed by atoms with Gasteiger partial charge < -0.3 is 0 Å². The summed E-state index contributed by atoms with van der Waals surface area (Å²) in [7, 11) is -1.97. The molecule has 92 valence electrons. The summed E-state index contributed by atoms with van der Waals surface area (Å²) in [5.74, 6) is -0.858. The second-order valence-electron chi connectivity index (χ2n) is 4.27. The van der Waals surface area contributed by atoms with Crippen molar-refractivity contribution in [3.8, 4) is 0 Å². The smallest absolute Gasteiger partial charge is 0.207 e. The average Bonchev–Trinajstić information content (AvgIpc) is 2.25. The molecular formula is C14H12F2OP+. The maximum atomic E-state index is 13.3. The lowest BCUT2D eigenvalue weighted by molar-refractivity contribution is 0.596. The fraction of sp³-hybridized carbons (Fsp3) is 0.143. The number of hydrogen-bond donors (Lipinski definition) is 0. The summed E-state index contributed by atoms with van der Waals surface area (Å²) in [5.41, 5.74) is 1.39. The predicted octanol–water partition coefficient (Wildman–Crippen LogP) is 3.36. The molecule has 0 unspecified atom stereocenters. The first-order valence-corrected chi connectivity index (χ1v) is 6.73. The maximum absolute atomic E-state index is 13.3. The van der Waals surface area contributed by atoms with Gasteiger partial charge in [-0.05, 0) is 49.2 Å². The van der Waals surface area contributed by atoms with Gasteiger partial charge in [0.15, 0.2) is 10.6 Å². The first-order chi connectivity index (χ1) is 8.45.